The second kappa shape index (κ2) is 5.74. The molecular weight excluding hydrogens is 276 g/mol. The van der Waals surface area contributed by atoms with Crippen LogP contribution in [-0.2, 0) is 4.79 Å². The summed E-state index contributed by atoms with van der Waals surface area (Å²) >= 11 is 6.08. The number of primary amides is 1. The molecule has 1 aromatic heterocycles. The molecule has 0 aliphatic heterocycles. The molecule has 1 amide bonds. The number of hydrogen-bond acceptors (Lipinski definition) is 3. The lowest BCUT2D eigenvalue weighted by Gasteiger charge is -2.40. The van der Waals surface area contributed by atoms with Gasteiger partial charge in [-0.3, -0.25) is 9.48 Å². The molecule has 0 saturated heterocycles. The van der Waals surface area contributed by atoms with Gasteiger partial charge in [-0.1, -0.05) is 11.6 Å². The van der Waals surface area contributed by atoms with E-state index in [-0.39, 0.29) is 18.0 Å². The lowest BCUT2D eigenvalue weighted by molar-refractivity contribution is -0.126. The summed E-state index contributed by atoms with van der Waals surface area (Å²) < 4.78 is 1.89. The third-order valence-corrected chi connectivity index (χ3v) is 4.36. The summed E-state index contributed by atoms with van der Waals surface area (Å²) in [7, 11) is 0. The topological polar surface area (TPSA) is 72.9 Å². The fourth-order valence-corrected chi connectivity index (χ4v) is 3.23. The van der Waals surface area contributed by atoms with Gasteiger partial charge in [-0.25, -0.2) is 0 Å². The van der Waals surface area contributed by atoms with Crippen LogP contribution in [0, 0.1) is 6.92 Å². The van der Waals surface area contributed by atoms with Gasteiger partial charge in [0.15, 0.2) is 0 Å². The van der Waals surface area contributed by atoms with Crippen molar-refractivity contribution in [2.45, 2.75) is 64.1 Å². The summed E-state index contributed by atoms with van der Waals surface area (Å²) in [6.07, 6.45) is 5.23. The number of hydrogen-bond donors (Lipinski definition) is 2. The minimum atomic E-state index is -0.636. The highest BCUT2D eigenvalue weighted by Gasteiger charge is 2.42. The zero-order valence-electron chi connectivity index (χ0n) is 12.3. The molecule has 2 unspecified atom stereocenters. The average Bonchev–Trinajstić information content (AvgIpc) is 2.69. The number of aromatic nitrogens is 2. The fourth-order valence-electron chi connectivity index (χ4n) is 3.10. The summed E-state index contributed by atoms with van der Waals surface area (Å²) in [5.74, 6) is -0.272. The first-order valence-electron chi connectivity index (χ1n) is 7.13. The molecule has 5 nitrogen and oxygen atoms in total. The van der Waals surface area contributed by atoms with Crippen LogP contribution in [0.4, 0.5) is 0 Å². The van der Waals surface area contributed by atoms with Gasteiger partial charge in [-0.05, 0) is 46.5 Å². The van der Waals surface area contributed by atoms with Crippen LogP contribution in [-0.4, -0.2) is 27.3 Å². The van der Waals surface area contributed by atoms with E-state index in [9.17, 15) is 4.79 Å². The van der Waals surface area contributed by atoms with Crippen molar-refractivity contribution in [1.82, 2.24) is 15.1 Å². The Morgan fingerprint density at radius 2 is 2.35 bits per heavy atom. The monoisotopic (exact) mass is 298 g/mol. The SMILES string of the molecule is Cc1nn(C2CCCC(NC(C)C)(C(N)=O)C2)cc1Cl. The molecule has 1 heterocycles. The molecule has 112 valence electrons. The van der Waals surface area contributed by atoms with Gasteiger partial charge in [0.2, 0.25) is 5.91 Å². The van der Waals surface area contributed by atoms with Crippen molar-refractivity contribution >= 4 is 17.5 Å². The van der Waals surface area contributed by atoms with Crippen LogP contribution < -0.4 is 11.1 Å². The van der Waals surface area contributed by atoms with Gasteiger partial charge in [0, 0.05) is 12.2 Å². The summed E-state index contributed by atoms with van der Waals surface area (Å²) in [5, 5.41) is 8.47. The number of carbonyl (C=O) groups is 1. The predicted octanol–water partition coefficient (Wildman–Crippen LogP) is 2.18. The number of nitrogens with zero attached hydrogens (tertiary/aromatic N) is 2. The second-order valence-electron chi connectivity index (χ2n) is 6.04. The third-order valence-electron chi connectivity index (χ3n) is 3.99. The Morgan fingerprint density at radius 1 is 1.65 bits per heavy atom. The van der Waals surface area contributed by atoms with Gasteiger partial charge in [0.1, 0.15) is 0 Å². The summed E-state index contributed by atoms with van der Waals surface area (Å²) in [6, 6.07) is 0.373. The van der Waals surface area contributed by atoms with Crippen molar-refractivity contribution in [3.63, 3.8) is 0 Å². The van der Waals surface area contributed by atoms with E-state index in [0.29, 0.717) is 11.4 Å². The summed E-state index contributed by atoms with van der Waals surface area (Å²) in [4.78, 5) is 12.0. The number of aryl methyl sites for hydroxylation is 1. The van der Waals surface area contributed by atoms with Gasteiger partial charge < -0.3 is 11.1 Å². The highest BCUT2D eigenvalue weighted by atomic mass is 35.5. The first-order chi connectivity index (χ1) is 9.34. The minimum absolute atomic E-state index is 0.161. The molecule has 1 aliphatic carbocycles. The molecule has 3 N–H and O–H groups in total. The lowest BCUT2D eigenvalue weighted by Crippen LogP contribution is -2.59. The van der Waals surface area contributed by atoms with E-state index in [2.05, 4.69) is 10.4 Å². The molecule has 2 atom stereocenters. The van der Waals surface area contributed by atoms with E-state index in [1.165, 1.54) is 0 Å². The molecule has 20 heavy (non-hydrogen) atoms. The maximum atomic E-state index is 12.0. The van der Waals surface area contributed by atoms with Crippen molar-refractivity contribution in [1.29, 1.82) is 0 Å². The predicted molar refractivity (Wildman–Crippen MR) is 79.7 cm³/mol. The number of rotatable bonds is 4. The van der Waals surface area contributed by atoms with Crippen LogP contribution in [0.25, 0.3) is 0 Å². The van der Waals surface area contributed by atoms with Crippen LogP contribution in [0.15, 0.2) is 6.20 Å². The zero-order valence-corrected chi connectivity index (χ0v) is 13.1. The van der Waals surface area contributed by atoms with E-state index < -0.39 is 5.54 Å². The van der Waals surface area contributed by atoms with Crippen LogP contribution in [0.5, 0.6) is 0 Å². The Bertz CT molecular complexity index is 480. The Labute approximate surface area is 124 Å². The molecule has 0 radical (unpaired) electrons. The van der Waals surface area contributed by atoms with Gasteiger partial charge in [0.25, 0.3) is 0 Å². The van der Waals surface area contributed by atoms with Crippen molar-refractivity contribution < 1.29 is 4.79 Å². The maximum Gasteiger partial charge on any atom is 0.237 e. The second-order valence-corrected chi connectivity index (χ2v) is 6.45. The van der Waals surface area contributed by atoms with Gasteiger partial charge in [-0.15, -0.1) is 0 Å². The number of carbonyl (C=O) groups excluding carboxylic acids is 1. The first-order valence-corrected chi connectivity index (χ1v) is 7.51. The molecule has 0 spiro atoms. The summed E-state index contributed by atoms with van der Waals surface area (Å²) in [6.45, 7) is 5.95. The largest absolute Gasteiger partial charge is 0.368 e. The average molecular weight is 299 g/mol. The number of amides is 1. The van der Waals surface area contributed by atoms with Crippen LogP contribution >= 0.6 is 11.6 Å². The van der Waals surface area contributed by atoms with Crippen LogP contribution in [0.2, 0.25) is 5.02 Å². The van der Waals surface area contributed by atoms with Crippen molar-refractivity contribution in [2.24, 2.45) is 5.73 Å². The first kappa shape index (κ1) is 15.3. The van der Waals surface area contributed by atoms with Crippen molar-refractivity contribution in [3.8, 4) is 0 Å². The van der Waals surface area contributed by atoms with Crippen LogP contribution in [0.3, 0.4) is 0 Å². The highest BCUT2D eigenvalue weighted by Crippen LogP contribution is 2.36. The number of nitrogens with one attached hydrogen (secondary N) is 1. The van der Waals surface area contributed by atoms with Crippen molar-refractivity contribution in [3.05, 3.63) is 16.9 Å². The van der Waals surface area contributed by atoms with E-state index >= 15 is 0 Å². The number of halogens is 1. The third kappa shape index (κ3) is 2.99. The fraction of sp³-hybridized carbons (Fsp3) is 0.714. The molecule has 6 heteroatoms. The standard InChI is InChI=1S/C14H23ClN4O/c1-9(2)17-14(13(16)20)6-4-5-11(7-14)19-8-12(15)10(3)18-19/h8-9,11,17H,4-7H2,1-3H3,(H2,16,20). The van der Waals surface area contributed by atoms with E-state index in [0.717, 1.165) is 25.0 Å². The molecule has 2 rings (SSSR count). The lowest BCUT2D eigenvalue weighted by atomic mass is 9.78. The molecule has 1 saturated carbocycles. The Hall–Kier alpha value is -1.07. The smallest absolute Gasteiger partial charge is 0.237 e. The summed E-state index contributed by atoms with van der Waals surface area (Å²) in [5.41, 5.74) is 5.85. The number of nitrogens with two attached hydrogens (primary N) is 1. The zero-order chi connectivity index (χ0) is 14.9. The van der Waals surface area contributed by atoms with E-state index in [1.807, 2.05) is 31.6 Å². The van der Waals surface area contributed by atoms with Gasteiger partial charge in [0.05, 0.1) is 22.3 Å². The van der Waals surface area contributed by atoms with Gasteiger partial charge in [-0.2, -0.15) is 5.10 Å². The maximum absolute atomic E-state index is 12.0. The van der Waals surface area contributed by atoms with Gasteiger partial charge >= 0.3 is 0 Å². The minimum Gasteiger partial charge on any atom is -0.368 e. The van der Waals surface area contributed by atoms with Crippen molar-refractivity contribution in [2.75, 3.05) is 0 Å². The van der Waals surface area contributed by atoms with E-state index in [4.69, 9.17) is 17.3 Å². The van der Waals surface area contributed by atoms with Crippen LogP contribution in [0.1, 0.15) is 51.3 Å². The Kier molecular flexibility index (Phi) is 4.39. The molecule has 0 bridgehead atoms. The van der Waals surface area contributed by atoms with E-state index in [1.54, 1.807) is 0 Å². The highest BCUT2D eigenvalue weighted by molar-refractivity contribution is 6.31. The quantitative estimate of drug-likeness (QED) is 0.895. The normalized spacial score (nSPS) is 26.9. The molecular formula is C14H23ClN4O. The molecule has 0 aromatic carbocycles. The molecule has 1 aromatic rings. The molecule has 1 aliphatic rings. The Morgan fingerprint density at radius 3 is 2.85 bits per heavy atom. The Balaban J connectivity index is 2.23. The molecule has 1 fully saturated rings.